The number of hydrogen-bond acceptors (Lipinski definition) is 6. The van der Waals surface area contributed by atoms with Gasteiger partial charge in [-0.05, 0) is 89.4 Å². The fraction of sp³-hybridized carbons (Fsp3) is 0.484. The summed E-state index contributed by atoms with van der Waals surface area (Å²) in [6.45, 7) is 11.0. The lowest BCUT2D eigenvalue weighted by molar-refractivity contribution is -0.274. The molecule has 12 heteroatoms. The molecule has 1 aliphatic rings. The first-order valence-electron chi connectivity index (χ1n) is 14.3. The number of methoxy groups -OCH3 is 1. The maximum atomic E-state index is 13.1. The molecular formula is C31H40F3N5O4. The quantitative estimate of drug-likeness (QED) is 0.277. The summed E-state index contributed by atoms with van der Waals surface area (Å²) < 4.78 is 56.0. The number of carbonyl (C=O) groups is 1. The molecule has 4 rings (SSSR count). The second kappa shape index (κ2) is 13.7. The number of urea groups is 1. The van der Waals surface area contributed by atoms with Crippen LogP contribution in [0.4, 0.5) is 23.8 Å². The Bertz CT molecular complexity index is 1360. The highest BCUT2D eigenvalue weighted by molar-refractivity contribution is 5.89. The van der Waals surface area contributed by atoms with Crippen molar-refractivity contribution in [1.29, 1.82) is 0 Å². The second-order valence-electron chi connectivity index (χ2n) is 11.7. The van der Waals surface area contributed by atoms with Crippen molar-refractivity contribution in [2.24, 2.45) is 5.92 Å². The predicted octanol–water partition coefficient (Wildman–Crippen LogP) is 6.44. The Morgan fingerprint density at radius 3 is 2.40 bits per heavy atom. The third kappa shape index (κ3) is 8.87. The fourth-order valence-corrected chi connectivity index (χ4v) is 5.06. The second-order valence-corrected chi connectivity index (χ2v) is 11.7. The summed E-state index contributed by atoms with van der Waals surface area (Å²) in [5, 5.41) is 10.1. The lowest BCUT2D eigenvalue weighted by atomic mass is 9.94. The molecule has 1 aliphatic heterocycles. The van der Waals surface area contributed by atoms with Crippen LogP contribution in [0.1, 0.15) is 50.3 Å². The highest BCUT2D eigenvalue weighted by Crippen LogP contribution is 2.31. The minimum atomic E-state index is -4.88. The molecule has 2 aromatic carbocycles. The van der Waals surface area contributed by atoms with Gasteiger partial charge in [0.1, 0.15) is 11.6 Å². The number of piperidine rings is 1. The summed E-state index contributed by atoms with van der Waals surface area (Å²) in [4.78, 5) is 15.5. The largest absolute Gasteiger partial charge is 0.573 e. The van der Waals surface area contributed by atoms with Gasteiger partial charge in [0.2, 0.25) is 5.88 Å². The number of nitrogens with one attached hydrogen (secondary N) is 2. The molecule has 1 fully saturated rings. The first kappa shape index (κ1) is 32.2. The Morgan fingerprint density at radius 1 is 1.07 bits per heavy atom. The van der Waals surface area contributed by atoms with E-state index in [2.05, 4.69) is 46.1 Å². The van der Waals surface area contributed by atoms with E-state index in [1.54, 1.807) is 4.68 Å². The number of anilines is 1. The average molecular weight is 604 g/mol. The van der Waals surface area contributed by atoms with Gasteiger partial charge in [0.15, 0.2) is 0 Å². The lowest BCUT2D eigenvalue weighted by Crippen LogP contribution is -2.46. The first-order chi connectivity index (χ1) is 20.3. The van der Waals surface area contributed by atoms with Crippen LogP contribution in [0.25, 0.3) is 5.69 Å². The zero-order valence-electron chi connectivity index (χ0n) is 25.3. The van der Waals surface area contributed by atoms with Crippen LogP contribution in [0.2, 0.25) is 0 Å². The van der Waals surface area contributed by atoms with E-state index >= 15 is 0 Å². The van der Waals surface area contributed by atoms with Gasteiger partial charge in [0, 0.05) is 24.8 Å². The van der Waals surface area contributed by atoms with Crippen molar-refractivity contribution in [2.75, 3.05) is 32.1 Å². The summed E-state index contributed by atoms with van der Waals surface area (Å²) in [5.74, 6) is 0.787. The summed E-state index contributed by atoms with van der Waals surface area (Å²) in [6, 6.07) is 12.8. The van der Waals surface area contributed by atoms with E-state index in [-0.39, 0.29) is 24.3 Å². The smallest absolute Gasteiger partial charge is 0.476 e. The van der Waals surface area contributed by atoms with Crippen molar-refractivity contribution >= 4 is 11.8 Å². The van der Waals surface area contributed by atoms with Crippen LogP contribution >= 0.6 is 0 Å². The van der Waals surface area contributed by atoms with Gasteiger partial charge < -0.3 is 19.5 Å². The maximum absolute atomic E-state index is 13.1. The van der Waals surface area contributed by atoms with Crippen LogP contribution < -0.4 is 20.1 Å². The number of amides is 2. The molecule has 0 spiro atoms. The molecule has 2 N–H and O–H groups in total. The van der Waals surface area contributed by atoms with Crippen molar-refractivity contribution in [1.82, 2.24) is 20.0 Å². The molecule has 0 saturated carbocycles. The number of alkyl halides is 3. The number of ether oxygens (including phenoxy) is 3. The minimum Gasteiger partial charge on any atom is -0.476 e. The number of halogens is 3. The summed E-state index contributed by atoms with van der Waals surface area (Å²) in [7, 11) is 1.48. The number of hydrogen-bond donors (Lipinski definition) is 2. The number of nitrogens with zero attached hydrogens (tertiary/aromatic N) is 3. The monoisotopic (exact) mass is 603 g/mol. The van der Waals surface area contributed by atoms with Gasteiger partial charge in [-0.2, -0.15) is 0 Å². The number of rotatable bonds is 10. The minimum absolute atomic E-state index is 0.137. The van der Waals surface area contributed by atoms with E-state index in [4.69, 9.17) is 9.47 Å². The van der Waals surface area contributed by atoms with Crippen molar-refractivity contribution in [3.8, 4) is 17.3 Å². The van der Waals surface area contributed by atoms with Crippen molar-refractivity contribution in [2.45, 2.75) is 65.6 Å². The first-order valence-corrected chi connectivity index (χ1v) is 14.3. The maximum Gasteiger partial charge on any atom is 0.573 e. The van der Waals surface area contributed by atoms with Gasteiger partial charge in [-0.1, -0.05) is 24.3 Å². The highest BCUT2D eigenvalue weighted by Gasteiger charge is 2.32. The molecule has 2 heterocycles. The number of carbonyl (C=O) groups excluding carboxylic acids is 1. The van der Waals surface area contributed by atoms with Gasteiger partial charge in [-0.25, -0.2) is 9.48 Å². The number of benzene rings is 2. The van der Waals surface area contributed by atoms with E-state index in [0.717, 1.165) is 25.9 Å². The number of para-hydroxylation sites is 1. The lowest BCUT2D eigenvalue weighted by Gasteiger charge is -2.40. The number of likely N-dealkylation sites (tertiary alicyclic amines) is 1. The van der Waals surface area contributed by atoms with Crippen LogP contribution in [-0.4, -0.2) is 59.4 Å². The summed E-state index contributed by atoms with van der Waals surface area (Å²) in [5.41, 5.74) is 2.27. The Kier molecular flexibility index (Phi) is 10.2. The van der Waals surface area contributed by atoms with Crippen LogP contribution in [-0.2, 0) is 17.9 Å². The Labute approximate surface area is 250 Å². The van der Waals surface area contributed by atoms with E-state index in [1.165, 1.54) is 25.3 Å². The van der Waals surface area contributed by atoms with E-state index in [0.29, 0.717) is 41.0 Å². The SMILES string of the molecule is COCc1ccc(OC(F)(F)F)c(CNC(=O)Nc2c(C)c(OCC3CCN(C(C)(C)C)CC3)nn2-c2ccccc2)c1. The highest BCUT2D eigenvalue weighted by atomic mass is 19.4. The van der Waals surface area contributed by atoms with Crippen molar-refractivity contribution < 1.29 is 32.2 Å². The Hall–Kier alpha value is -3.77. The van der Waals surface area contributed by atoms with Crippen LogP contribution in [0.15, 0.2) is 48.5 Å². The standard InChI is InChI=1S/C31H40F3N5O4/c1-21-27(36-29(40)35-18-24-17-23(19-41-5)11-12-26(24)43-31(32,33)34)39(25-9-7-6-8-10-25)37-28(21)42-20-22-13-15-38(16-14-22)30(2,3)4/h6-12,17,22H,13-16,18-20H2,1-5H3,(H2,35,36,40). The molecule has 3 aromatic rings. The summed E-state index contributed by atoms with van der Waals surface area (Å²) in [6.07, 6.45) is -2.83. The van der Waals surface area contributed by atoms with Gasteiger partial charge in [0.25, 0.3) is 0 Å². The van der Waals surface area contributed by atoms with E-state index < -0.39 is 18.1 Å². The summed E-state index contributed by atoms with van der Waals surface area (Å²) >= 11 is 0. The van der Waals surface area contributed by atoms with Gasteiger partial charge in [-0.15, -0.1) is 18.3 Å². The number of aromatic nitrogens is 2. The average Bonchev–Trinajstić information content (AvgIpc) is 3.26. The Morgan fingerprint density at radius 2 is 1.77 bits per heavy atom. The normalized spacial score (nSPS) is 14.9. The molecule has 43 heavy (non-hydrogen) atoms. The predicted molar refractivity (Wildman–Crippen MR) is 158 cm³/mol. The van der Waals surface area contributed by atoms with Crippen LogP contribution in [0.5, 0.6) is 11.6 Å². The van der Waals surface area contributed by atoms with E-state index in [9.17, 15) is 18.0 Å². The third-order valence-corrected chi connectivity index (χ3v) is 7.43. The fourth-order valence-electron chi connectivity index (χ4n) is 5.06. The van der Waals surface area contributed by atoms with Crippen LogP contribution in [0, 0.1) is 12.8 Å². The van der Waals surface area contributed by atoms with Gasteiger partial charge in [-0.3, -0.25) is 10.2 Å². The molecule has 0 radical (unpaired) electrons. The van der Waals surface area contributed by atoms with E-state index in [1.807, 2.05) is 37.3 Å². The molecule has 0 bridgehead atoms. The molecule has 0 aliphatic carbocycles. The van der Waals surface area contributed by atoms with Crippen molar-refractivity contribution in [3.63, 3.8) is 0 Å². The molecule has 2 amide bonds. The van der Waals surface area contributed by atoms with Crippen LogP contribution in [0.3, 0.4) is 0 Å². The molecule has 0 unspecified atom stereocenters. The van der Waals surface area contributed by atoms with Gasteiger partial charge in [0.05, 0.1) is 24.5 Å². The molecule has 234 valence electrons. The zero-order valence-corrected chi connectivity index (χ0v) is 25.3. The molecule has 1 saturated heterocycles. The molecule has 9 nitrogen and oxygen atoms in total. The third-order valence-electron chi connectivity index (χ3n) is 7.43. The van der Waals surface area contributed by atoms with Gasteiger partial charge >= 0.3 is 12.4 Å². The molecule has 0 atom stereocenters. The Balaban J connectivity index is 1.48. The topological polar surface area (TPSA) is 89.9 Å². The molecular weight excluding hydrogens is 563 g/mol. The van der Waals surface area contributed by atoms with Crippen molar-refractivity contribution in [3.05, 3.63) is 65.2 Å². The molecule has 1 aromatic heterocycles. The zero-order chi connectivity index (χ0) is 31.2.